The molecule has 3 aromatic rings. The number of nitrogens with one attached hydrogen (secondary N) is 1. The number of carbonyl (C=O) groups is 2. The van der Waals surface area contributed by atoms with Crippen LogP contribution in [0.5, 0.6) is 5.75 Å². The first-order chi connectivity index (χ1) is 18.4. The third-order valence-corrected chi connectivity index (χ3v) is 6.93. The monoisotopic (exact) mass is 553 g/mol. The Kier molecular flexibility index (Phi) is 8.27. The molecular weight excluding hydrogens is 522 g/mol. The number of carbonyl (C=O) groups excluding carboxylic acids is 1. The summed E-state index contributed by atoms with van der Waals surface area (Å²) >= 11 is 0. The lowest BCUT2D eigenvalue weighted by Crippen LogP contribution is -2.42. The maximum Gasteiger partial charge on any atom is 0.449 e. The van der Waals surface area contributed by atoms with Crippen LogP contribution in [0.2, 0.25) is 0 Å². The minimum atomic E-state index is -4.25. The van der Waals surface area contributed by atoms with Gasteiger partial charge in [0, 0.05) is 12.3 Å². The van der Waals surface area contributed by atoms with E-state index in [1.807, 2.05) is 69.3 Å². The predicted octanol–water partition coefficient (Wildman–Crippen LogP) is 4.91. The van der Waals surface area contributed by atoms with Gasteiger partial charge in [0.1, 0.15) is 18.4 Å². The number of ether oxygens (including phenoxy) is 1. The molecule has 10 heteroatoms. The highest BCUT2D eigenvalue weighted by atomic mass is 32.3. The molecule has 1 aliphatic carbocycles. The number of hydrogen-bond donors (Lipinski definition) is 2. The van der Waals surface area contributed by atoms with Gasteiger partial charge < -0.3 is 19.3 Å². The van der Waals surface area contributed by atoms with E-state index in [9.17, 15) is 23.1 Å². The summed E-state index contributed by atoms with van der Waals surface area (Å²) in [5.41, 5.74) is 4.45. The highest BCUT2D eigenvalue weighted by Crippen LogP contribution is 2.44. The van der Waals surface area contributed by atoms with E-state index in [0.717, 1.165) is 22.3 Å². The number of amides is 1. The molecule has 0 bridgehead atoms. The van der Waals surface area contributed by atoms with Crippen LogP contribution in [0.4, 0.5) is 4.79 Å². The summed E-state index contributed by atoms with van der Waals surface area (Å²) in [6.45, 7) is 5.49. The van der Waals surface area contributed by atoms with Gasteiger partial charge in [-0.15, -0.1) is 0 Å². The van der Waals surface area contributed by atoms with Gasteiger partial charge in [-0.1, -0.05) is 81.4 Å². The van der Waals surface area contributed by atoms with Crippen molar-refractivity contribution in [3.8, 4) is 16.9 Å². The Labute approximate surface area is 228 Å². The molecule has 4 rings (SSSR count). The van der Waals surface area contributed by atoms with Gasteiger partial charge in [-0.25, -0.2) is 13.8 Å². The van der Waals surface area contributed by atoms with E-state index in [4.69, 9.17) is 13.1 Å². The van der Waals surface area contributed by atoms with Crippen molar-refractivity contribution in [1.82, 2.24) is 5.32 Å². The van der Waals surface area contributed by atoms with Crippen molar-refractivity contribution in [2.24, 2.45) is 5.41 Å². The van der Waals surface area contributed by atoms with Gasteiger partial charge in [-0.05, 0) is 45.4 Å². The van der Waals surface area contributed by atoms with E-state index in [2.05, 4.69) is 5.32 Å². The van der Waals surface area contributed by atoms with Gasteiger partial charge in [-0.3, -0.25) is 0 Å². The molecule has 0 aliphatic heterocycles. The number of aliphatic carboxylic acids is 1. The lowest BCUT2D eigenvalue weighted by molar-refractivity contribution is -0.139. The molecule has 0 saturated heterocycles. The Hall–Kier alpha value is -3.89. The van der Waals surface area contributed by atoms with Crippen LogP contribution in [0, 0.1) is 5.41 Å². The average Bonchev–Trinajstić information content (AvgIpc) is 3.20. The molecule has 39 heavy (non-hydrogen) atoms. The second kappa shape index (κ2) is 11.5. The number of benzene rings is 3. The first-order valence-corrected chi connectivity index (χ1v) is 13.8. The summed E-state index contributed by atoms with van der Waals surface area (Å²) in [6.07, 6.45) is -0.890. The Balaban J connectivity index is 1.34. The van der Waals surface area contributed by atoms with Crippen molar-refractivity contribution in [2.45, 2.75) is 39.2 Å². The van der Waals surface area contributed by atoms with Crippen LogP contribution in [0.25, 0.3) is 11.1 Å². The van der Waals surface area contributed by atoms with Crippen molar-refractivity contribution in [3.05, 3.63) is 89.5 Å². The van der Waals surface area contributed by atoms with Gasteiger partial charge in [0.25, 0.3) is 0 Å². The van der Waals surface area contributed by atoms with Gasteiger partial charge >= 0.3 is 22.5 Å². The lowest BCUT2D eigenvalue weighted by atomic mass is 9.98. The summed E-state index contributed by atoms with van der Waals surface area (Å²) in [6, 6.07) is 20.4. The quantitative estimate of drug-likeness (QED) is 0.363. The molecule has 0 heterocycles. The first kappa shape index (κ1) is 28.1. The van der Waals surface area contributed by atoms with E-state index in [0.29, 0.717) is 5.56 Å². The fourth-order valence-corrected chi connectivity index (χ4v) is 5.18. The second-order valence-electron chi connectivity index (χ2n) is 10.5. The number of carboxylic acid groups (broad SMARTS) is 1. The molecule has 0 aromatic heterocycles. The Morgan fingerprint density at radius 2 is 1.49 bits per heavy atom. The van der Waals surface area contributed by atoms with E-state index in [-0.39, 0.29) is 36.7 Å². The van der Waals surface area contributed by atoms with Gasteiger partial charge in [0.05, 0.1) is 6.61 Å². The van der Waals surface area contributed by atoms with Crippen molar-refractivity contribution in [3.63, 3.8) is 0 Å². The summed E-state index contributed by atoms with van der Waals surface area (Å²) < 4.78 is 39.3. The molecule has 9 nitrogen and oxygen atoms in total. The maximum absolute atomic E-state index is 12.6. The molecule has 0 spiro atoms. The number of carboxylic acids is 1. The standard InChI is InChI=1S/C29H31NO8S/c1-29(2,3)18-37-39(34,35)38-20-14-12-19(13-15-20)16-26(27(31)32)30-28(33)36-17-25-23-10-6-4-8-21(23)22-9-5-7-11-24(22)25/h4-15,25-26H,16-18H2,1-3H3,(H,30,33)(H,31,32). The van der Waals surface area contributed by atoms with Crippen LogP contribution in [0.15, 0.2) is 72.8 Å². The maximum atomic E-state index is 12.6. The topological polar surface area (TPSA) is 128 Å². The van der Waals surface area contributed by atoms with Crippen LogP contribution in [-0.2, 0) is 30.5 Å². The van der Waals surface area contributed by atoms with Crippen LogP contribution in [-0.4, -0.2) is 44.8 Å². The van der Waals surface area contributed by atoms with E-state index < -0.39 is 28.5 Å². The van der Waals surface area contributed by atoms with Crippen molar-refractivity contribution in [2.75, 3.05) is 13.2 Å². The third-order valence-electron chi connectivity index (χ3n) is 6.13. The zero-order valence-corrected chi connectivity index (χ0v) is 22.7. The van der Waals surface area contributed by atoms with Crippen LogP contribution >= 0.6 is 0 Å². The Morgan fingerprint density at radius 1 is 0.923 bits per heavy atom. The van der Waals surface area contributed by atoms with Gasteiger partial charge in [0.2, 0.25) is 0 Å². The fourth-order valence-electron chi connectivity index (χ4n) is 4.29. The minimum Gasteiger partial charge on any atom is -0.480 e. The first-order valence-electron chi connectivity index (χ1n) is 12.4. The van der Waals surface area contributed by atoms with Crippen LogP contribution in [0.3, 0.4) is 0 Å². The average molecular weight is 554 g/mol. The zero-order valence-electron chi connectivity index (χ0n) is 21.9. The molecule has 0 fully saturated rings. The fraction of sp³-hybridized carbons (Fsp3) is 0.310. The number of alkyl carbamates (subject to hydrolysis) is 1. The smallest absolute Gasteiger partial charge is 0.449 e. The zero-order chi connectivity index (χ0) is 28.2. The SMILES string of the molecule is CC(C)(C)COS(=O)(=O)Oc1ccc(CC(NC(=O)OCC2c3ccccc3-c3ccccc32)C(=O)O)cc1. The predicted molar refractivity (Wildman–Crippen MR) is 145 cm³/mol. The molecule has 0 saturated carbocycles. The number of hydrogen-bond acceptors (Lipinski definition) is 7. The highest BCUT2D eigenvalue weighted by Gasteiger charge is 2.30. The molecule has 0 radical (unpaired) electrons. The highest BCUT2D eigenvalue weighted by molar-refractivity contribution is 7.82. The lowest BCUT2D eigenvalue weighted by Gasteiger charge is -2.18. The van der Waals surface area contributed by atoms with Gasteiger partial charge in [0.15, 0.2) is 0 Å². The van der Waals surface area contributed by atoms with Crippen molar-refractivity contribution >= 4 is 22.5 Å². The van der Waals surface area contributed by atoms with E-state index in [1.54, 1.807) is 0 Å². The Morgan fingerprint density at radius 3 is 2.03 bits per heavy atom. The second-order valence-corrected chi connectivity index (χ2v) is 11.7. The van der Waals surface area contributed by atoms with Gasteiger partial charge in [-0.2, -0.15) is 8.42 Å². The van der Waals surface area contributed by atoms with E-state index >= 15 is 0 Å². The number of rotatable bonds is 10. The van der Waals surface area contributed by atoms with Crippen LogP contribution in [0.1, 0.15) is 43.4 Å². The normalized spacial score (nSPS) is 13.7. The molecule has 1 atom stereocenters. The Bertz CT molecular complexity index is 1400. The molecule has 1 aliphatic rings. The summed E-state index contributed by atoms with van der Waals surface area (Å²) in [7, 11) is -4.25. The number of fused-ring (bicyclic) bond motifs is 3. The molecule has 206 valence electrons. The molecule has 3 aromatic carbocycles. The van der Waals surface area contributed by atoms with E-state index in [1.165, 1.54) is 24.3 Å². The molecule has 2 N–H and O–H groups in total. The largest absolute Gasteiger partial charge is 0.480 e. The molecule has 1 amide bonds. The van der Waals surface area contributed by atoms with Crippen LogP contribution < -0.4 is 9.50 Å². The molecule has 1 unspecified atom stereocenters. The summed E-state index contributed by atoms with van der Waals surface area (Å²) in [5, 5.41) is 12.1. The summed E-state index contributed by atoms with van der Waals surface area (Å²) in [5.74, 6) is -1.37. The third kappa shape index (κ3) is 7.36. The summed E-state index contributed by atoms with van der Waals surface area (Å²) in [4.78, 5) is 24.4. The van der Waals surface area contributed by atoms with Crippen molar-refractivity contribution < 1.29 is 36.2 Å². The molecular formula is C29H31NO8S. The van der Waals surface area contributed by atoms with Crippen molar-refractivity contribution in [1.29, 1.82) is 0 Å². The minimum absolute atomic E-state index is 0.0176.